The van der Waals surface area contributed by atoms with Gasteiger partial charge in [-0.2, -0.15) is 0 Å². The molecule has 88 valence electrons. The third-order valence-electron chi connectivity index (χ3n) is 2.11. The predicted octanol–water partition coefficient (Wildman–Crippen LogP) is 1.25. The van der Waals surface area contributed by atoms with Crippen LogP contribution in [0.1, 0.15) is 12.5 Å². The largest absolute Gasteiger partial charge is 0.496 e. The van der Waals surface area contributed by atoms with Crippen molar-refractivity contribution in [2.75, 3.05) is 19.0 Å². The van der Waals surface area contributed by atoms with Gasteiger partial charge in [0.25, 0.3) is 0 Å². The second kappa shape index (κ2) is 5.97. The molecule has 0 spiro atoms. The van der Waals surface area contributed by atoms with Gasteiger partial charge in [-0.1, -0.05) is 0 Å². The minimum absolute atomic E-state index is 0.548. The van der Waals surface area contributed by atoms with Crippen molar-refractivity contribution in [2.45, 2.75) is 13.8 Å². The van der Waals surface area contributed by atoms with E-state index in [1.807, 2.05) is 32.0 Å². The van der Waals surface area contributed by atoms with Crippen molar-refractivity contribution in [3.05, 3.63) is 23.8 Å². The van der Waals surface area contributed by atoms with E-state index in [1.165, 1.54) is 0 Å². The number of hydrogen-bond donors (Lipinski definition) is 3. The number of aryl methyl sites for hydroxylation is 1. The number of aliphatic imine (C=N–C) groups is 1. The number of guanidine groups is 1. The predicted molar refractivity (Wildman–Crippen MR) is 66.7 cm³/mol. The number of nitrogens with two attached hydrogens (primary N) is 1. The summed E-state index contributed by atoms with van der Waals surface area (Å²) in [5.41, 5.74) is 4.48. The molecule has 4 N–H and O–H groups in total. The van der Waals surface area contributed by atoms with Gasteiger partial charge in [-0.05, 0) is 37.6 Å². The molecular formula is C11H18N4O. The summed E-state index contributed by atoms with van der Waals surface area (Å²) in [4.78, 5) is 4.15. The van der Waals surface area contributed by atoms with E-state index in [-0.39, 0.29) is 0 Å². The summed E-state index contributed by atoms with van der Waals surface area (Å²) in [5.74, 6) is 6.74. The number of nitrogens with zero attached hydrogens (tertiary/aromatic N) is 1. The average molecular weight is 222 g/mol. The van der Waals surface area contributed by atoms with E-state index in [4.69, 9.17) is 10.6 Å². The van der Waals surface area contributed by atoms with Crippen LogP contribution in [-0.2, 0) is 0 Å². The first-order valence-electron chi connectivity index (χ1n) is 5.14. The van der Waals surface area contributed by atoms with Gasteiger partial charge in [0.2, 0.25) is 5.96 Å². The number of hydrogen-bond acceptors (Lipinski definition) is 3. The number of anilines is 1. The van der Waals surface area contributed by atoms with Crippen LogP contribution in [0.25, 0.3) is 0 Å². The first-order chi connectivity index (χ1) is 7.71. The summed E-state index contributed by atoms with van der Waals surface area (Å²) in [7, 11) is 1.65. The van der Waals surface area contributed by atoms with Crippen molar-refractivity contribution in [1.82, 2.24) is 5.43 Å². The smallest absolute Gasteiger partial charge is 0.210 e. The molecule has 0 unspecified atom stereocenters. The van der Waals surface area contributed by atoms with Crippen LogP contribution in [0, 0.1) is 6.92 Å². The highest BCUT2D eigenvalue weighted by atomic mass is 16.5. The fourth-order valence-corrected chi connectivity index (χ4v) is 1.37. The molecule has 0 aliphatic heterocycles. The number of nitrogens with one attached hydrogen (secondary N) is 2. The highest BCUT2D eigenvalue weighted by Crippen LogP contribution is 2.21. The minimum atomic E-state index is 0.548. The molecule has 0 heterocycles. The molecule has 5 heteroatoms. The first-order valence-corrected chi connectivity index (χ1v) is 5.14. The van der Waals surface area contributed by atoms with Gasteiger partial charge in [-0.25, -0.2) is 5.84 Å². The van der Waals surface area contributed by atoms with Gasteiger partial charge in [-0.15, -0.1) is 0 Å². The Hall–Kier alpha value is -1.75. The van der Waals surface area contributed by atoms with E-state index < -0.39 is 0 Å². The number of benzene rings is 1. The Kier molecular flexibility index (Phi) is 4.60. The Morgan fingerprint density at radius 3 is 2.75 bits per heavy atom. The fourth-order valence-electron chi connectivity index (χ4n) is 1.37. The van der Waals surface area contributed by atoms with Crippen LogP contribution < -0.4 is 21.3 Å². The second-order valence-corrected chi connectivity index (χ2v) is 3.28. The molecule has 0 bridgehead atoms. The van der Waals surface area contributed by atoms with Crippen LogP contribution in [0.3, 0.4) is 0 Å². The van der Waals surface area contributed by atoms with E-state index in [9.17, 15) is 0 Å². The summed E-state index contributed by atoms with van der Waals surface area (Å²) in [6.45, 7) is 4.59. The molecule has 0 atom stereocenters. The summed E-state index contributed by atoms with van der Waals surface area (Å²) >= 11 is 0. The van der Waals surface area contributed by atoms with Crippen molar-refractivity contribution in [3.63, 3.8) is 0 Å². The third kappa shape index (κ3) is 3.13. The minimum Gasteiger partial charge on any atom is -0.496 e. The van der Waals surface area contributed by atoms with Crippen LogP contribution >= 0.6 is 0 Å². The van der Waals surface area contributed by atoms with Crippen molar-refractivity contribution in [3.8, 4) is 5.75 Å². The zero-order chi connectivity index (χ0) is 12.0. The second-order valence-electron chi connectivity index (χ2n) is 3.28. The molecule has 0 aliphatic carbocycles. The highest BCUT2D eigenvalue weighted by Gasteiger charge is 2.01. The van der Waals surface area contributed by atoms with Gasteiger partial charge in [0, 0.05) is 12.2 Å². The van der Waals surface area contributed by atoms with Gasteiger partial charge in [0.1, 0.15) is 5.75 Å². The van der Waals surface area contributed by atoms with E-state index in [0.29, 0.717) is 12.5 Å². The Labute approximate surface area is 95.7 Å². The van der Waals surface area contributed by atoms with Gasteiger partial charge in [-0.3, -0.25) is 10.4 Å². The maximum absolute atomic E-state index is 5.33. The maximum atomic E-state index is 5.33. The maximum Gasteiger partial charge on any atom is 0.210 e. The van der Waals surface area contributed by atoms with Gasteiger partial charge >= 0.3 is 0 Å². The van der Waals surface area contributed by atoms with Crippen LogP contribution in [-0.4, -0.2) is 19.6 Å². The van der Waals surface area contributed by atoms with Crippen molar-refractivity contribution in [2.24, 2.45) is 10.8 Å². The van der Waals surface area contributed by atoms with Crippen molar-refractivity contribution >= 4 is 11.6 Å². The lowest BCUT2D eigenvalue weighted by atomic mass is 10.2. The molecule has 16 heavy (non-hydrogen) atoms. The first kappa shape index (κ1) is 12.3. The van der Waals surface area contributed by atoms with E-state index in [1.54, 1.807) is 7.11 Å². The molecule has 0 aromatic heterocycles. The van der Waals surface area contributed by atoms with Gasteiger partial charge in [0.05, 0.1) is 7.11 Å². The topological polar surface area (TPSA) is 71.7 Å². The van der Waals surface area contributed by atoms with Gasteiger partial charge < -0.3 is 10.1 Å². The van der Waals surface area contributed by atoms with E-state index >= 15 is 0 Å². The Bertz CT molecular complexity index is 376. The van der Waals surface area contributed by atoms with Gasteiger partial charge in [0.15, 0.2) is 0 Å². The van der Waals surface area contributed by atoms with E-state index in [0.717, 1.165) is 17.0 Å². The Balaban J connectivity index is 2.82. The number of hydrazine groups is 1. The number of methoxy groups -OCH3 is 1. The Morgan fingerprint density at radius 2 is 2.25 bits per heavy atom. The quantitative estimate of drug-likeness (QED) is 0.311. The zero-order valence-corrected chi connectivity index (χ0v) is 9.87. The Morgan fingerprint density at radius 1 is 1.50 bits per heavy atom. The SMILES string of the molecule is CCN=C(NN)Nc1ccc(OC)c(C)c1. The molecule has 0 aliphatic rings. The van der Waals surface area contributed by atoms with Crippen LogP contribution in [0.4, 0.5) is 5.69 Å². The summed E-state index contributed by atoms with van der Waals surface area (Å²) in [5, 5.41) is 3.08. The molecule has 0 radical (unpaired) electrons. The van der Waals surface area contributed by atoms with Crippen molar-refractivity contribution < 1.29 is 4.74 Å². The average Bonchev–Trinajstić information content (AvgIpc) is 2.28. The number of ether oxygens (including phenoxy) is 1. The normalized spacial score (nSPS) is 11.1. The molecule has 5 nitrogen and oxygen atoms in total. The lowest BCUT2D eigenvalue weighted by Crippen LogP contribution is -2.36. The molecular weight excluding hydrogens is 204 g/mol. The third-order valence-corrected chi connectivity index (χ3v) is 2.11. The molecule has 0 fully saturated rings. The fraction of sp³-hybridized carbons (Fsp3) is 0.364. The van der Waals surface area contributed by atoms with Crippen LogP contribution in [0.2, 0.25) is 0 Å². The van der Waals surface area contributed by atoms with Crippen LogP contribution in [0.5, 0.6) is 5.75 Å². The summed E-state index contributed by atoms with van der Waals surface area (Å²) in [6.07, 6.45) is 0. The lowest BCUT2D eigenvalue weighted by Gasteiger charge is -2.11. The van der Waals surface area contributed by atoms with Crippen LogP contribution in [0.15, 0.2) is 23.2 Å². The summed E-state index contributed by atoms with van der Waals surface area (Å²) < 4.78 is 5.18. The standard InChI is InChI=1S/C11H18N4O/c1-4-13-11(15-12)14-9-5-6-10(16-3)8(2)7-9/h5-7H,4,12H2,1-3H3,(H2,13,14,15). The molecule has 1 aromatic carbocycles. The van der Waals surface area contributed by atoms with Crippen molar-refractivity contribution in [1.29, 1.82) is 0 Å². The molecule has 0 amide bonds. The molecule has 1 rings (SSSR count). The zero-order valence-electron chi connectivity index (χ0n) is 9.87. The highest BCUT2D eigenvalue weighted by molar-refractivity contribution is 5.93. The molecule has 0 saturated carbocycles. The lowest BCUT2D eigenvalue weighted by molar-refractivity contribution is 0.412. The number of rotatable bonds is 3. The molecule has 0 saturated heterocycles. The molecule has 1 aromatic rings. The summed E-state index contributed by atoms with van der Waals surface area (Å²) in [6, 6.07) is 5.79. The van der Waals surface area contributed by atoms with E-state index in [2.05, 4.69) is 15.7 Å². The monoisotopic (exact) mass is 222 g/mol.